The molecule has 0 saturated carbocycles. The van der Waals surface area contributed by atoms with Crippen LogP contribution in [0.25, 0.3) is 0 Å². The van der Waals surface area contributed by atoms with E-state index in [2.05, 4.69) is 0 Å². The Labute approximate surface area is 188 Å². The van der Waals surface area contributed by atoms with Gasteiger partial charge in [-0.05, 0) is 38.0 Å². The van der Waals surface area contributed by atoms with Crippen molar-refractivity contribution < 1.29 is 28.6 Å². The quantitative estimate of drug-likeness (QED) is 0.332. The topological polar surface area (TPSA) is 83.1 Å². The number of methoxy groups -OCH3 is 1. The molecule has 3 atom stereocenters. The number of piperidine rings is 1. The van der Waals surface area contributed by atoms with Crippen molar-refractivity contribution >= 4 is 27.6 Å². The van der Waals surface area contributed by atoms with Gasteiger partial charge in [-0.2, -0.15) is 0 Å². The molecule has 9 heteroatoms. The van der Waals surface area contributed by atoms with Crippen LogP contribution in [-0.2, 0) is 9.53 Å². The molecule has 2 heterocycles. The third-order valence-electron chi connectivity index (χ3n) is 5.16. The number of carbonyl (C=O) groups is 1. The molecule has 1 aromatic heterocycles. The molecule has 0 spiro atoms. The van der Waals surface area contributed by atoms with E-state index in [-0.39, 0.29) is 11.8 Å². The number of benzene rings is 1. The number of aryl methyl sites for hydroxylation is 2. The van der Waals surface area contributed by atoms with E-state index in [1.807, 2.05) is 24.8 Å². The Kier molecular flexibility index (Phi) is 8.23. The maximum atomic E-state index is 14.5. The van der Waals surface area contributed by atoms with E-state index in [0.717, 1.165) is 16.4 Å². The number of carboxylic acids is 1. The first-order valence-electron chi connectivity index (χ1n) is 9.83. The summed E-state index contributed by atoms with van der Waals surface area (Å²) in [4.78, 5) is 14.4. The Balaban J connectivity index is 1.81. The summed E-state index contributed by atoms with van der Waals surface area (Å²) in [7, 11) is 4.51. The maximum Gasteiger partial charge on any atom is 0.328 e. The van der Waals surface area contributed by atoms with E-state index in [1.165, 1.54) is 19.3 Å². The molecule has 1 saturated heterocycles. The number of nitrogens with zero attached hydrogens (tertiary/aromatic N) is 1. The summed E-state index contributed by atoms with van der Waals surface area (Å²) < 4.78 is 25.2. The van der Waals surface area contributed by atoms with Gasteiger partial charge in [0, 0.05) is 37.1 Å². The number of carboxylic acid groups (broad SMARTS) is 1. The van der Waals surface area contributed by atoms with Crippen LogP contribution in [0.5, 0.6) is 0 Å². The standard InChI is InChI=1S/C22H26FNO5S2/c1-13-10-19(14(2)29-13)31-30-18-8-9-24(12-15(18)11-20(25)26)21(22(27)28-3)16-6-4-5-7-17(16)23/h4-7,10-11,18,21-22,27H,8-9,12H2,1-3H3,(H,25,26)/b15-11-. The summed E-state index contributed by atoms with van der Waals surface area (Å²) in [5.41, 5.74) is 1.02. The normalized spacial score (nSPS) is 20.7. The van der Waals surface area contributed by atoms with Gasteiger partial charge in [-0.1, -0.05) is 39.8 Å². The molecule has 0 amide bonds. The molecule has 31 heavy (non-hydrogen) atoms. The molecule has 0 radical (unpaired) electrons. The molecule has 2 N–H and O–H groups in total. The van der Waals surface area contributed by atoms with Crippen molar-refractivity contribution in [2.24, 2.45) is 0 Å². The highest BCUT2D eigenvalue weighted by atomic mass is 33.1. The van der Waals surface area contributed by atoms with Crippen LogP contribution in [0.15, 0.2) is 51.3 Å². The van der Waals surface area contributed by atoms with E-state index in [9.17, 15) is 19.4 Å². The molecule has 3 unspecified atom stereocenters. The summed E-state index contributed by atoms with van der Waals surface area (Å²) in [5, 5.41) is 19.8. The second-order valence-corrected chi connectivity index (χ2v) is 9.80. The van der Waals surface area contributed by atoms with Gasteiger partial charge >= 0.3 is 5.97 Å². The van der Waals surface area contributed by atoms with Crippen LogP contribution in [0, 0.1) is 19.7 Å². The molecule has 168 valence electrons. The highest BCUT2D eigenvalue weighted by Crippen LogP contribution is 2.43. The fourth-order valence-electron chi connectivity index (χ4n) is 3.70. The van der Waals surface area contributed by atoms with Gasteiger partial charge in [-0.3, -0.25) is 4.90 Å². The van der Waals surface area contributed by atoms with Crippen LogP contribution in [-0.4, -0.2) is 52.8 Å². The van der Waals surface area contributed by atoms with Crippen LogP contribution in [0.3, 0.4) is 0 Å². The number of likely N-dealkylation sites (tertiary alicyclic amines) is 1. The van der Waals surface area contributed by atoms with Crippen molar-refractivity contribution in [3.8, 4) is 0 Å². The Morgan fingerprint density at radius 1 is 1.39 bits per heavy atom. The van der Waals surface area contributed by atoms with Crippen molar-refractivity contribution in [3.05, 3.63) is 64.9 Å². The summed E-state index contributed by atoms with van der Waals surface area (Å²) in [5.74, 6) is 0.194. The Morgan fingerprint density at radius 3 is 2.74 bits per heavy atom. The third-order valence-corrected chi connectivity index (χ3v) is 8.14. The number of hydrogen-bond acceptors (Lipinski definition) is 7. The fourth-order valence-corrected chi connectivity index (χ4v) is 6.58. The van der Waals surface area contributed by atoms with Crippen molar-refractivity contribution in [1.29, 1.82) is 0 Å². The molecule has 1 aromatic carbocycles. The number of aliphatic hydroxyl groups is 1. The maximum absolute atomic E-state index is 14.5. The lowest BCUT2D eigenvalue weighted by Gasteiger charge is -2.40. The number of hydrogen-bond donors (Lipinski definition) is 2. The number of aliphatic hydroxyl groups excluding tert-OH is 1. The fraction of sp³-hybridized carbons (Fsp3) is 0.409. The minimum Gasteiger partial charge on any atom is -0.478 e. The first-order chi connectivity index (χ1) is 14.8. The van der Waals surface area contributed by atoms with Crippen LogP contribution in [0.2, 0.25) is 0 Å². The van der Waals surface area contributed by atoms with E-state index in [1.54, 1.807) is 39.8 Å². The second kappa shape index (κ2) is 10.7. The zero-order valence-corrected chi connectivity index (χ0v) is 19.2. The van der Waals surface area contributed by atoms with Crippen LogP contribution < -0.4 is 0 Å². The van der Waals surface area contributed by atoms with Gasteiger partial charge in [0.15, 0.2) is 6.29 Å². The summed E-state index contributed by atoms with van der Waals surface area (Å²) in [6, 6.07) is 7.46. The van der Waals surface area contributed by atoms with Gasteiger partial charge in [0.2, 0.25) is 0 Å². The molecule has 0 bridgehead atoms. The number of halogens is 1. The lowest BCUT2D eigenvalue weighted by Crippen LogP contribution is -2.44. The van der Waals surface area contributed by atoms with Crippen LogP contribution >= 0.6 is 21.6 Å². The van der Waals surface area contributed by atoms with Gasteiger partial charge in [0.1, 0.15) is 17.3 Å². The van der Waals surface area contributed by atoms with Crippen molar-refractivity contribution in [2.45, 2.75) is 42.7 Å². The molecule has 6 nitrogen and oxygen atoms in total. The van der Waals surface area contributed by atoms with E-state index in [0.29, 0.717) is 24.1 Å². The lowest BCUT2D eigenvalue weighted by atomic mass is 9.97. The molecule has 2 aromatic rings. The second-order valence-electron chi connectivity index (χ2n) is 7.35. The third kappa shape index (κ3) is 5.93. The summed E-state index contributed by atoms with van der Waals surface area (Å²) in [6.45, 7) is 4.63. The summed E-state index contributed by atoms with van der Waals surface area (Å²) >= 11 is 0. The van der Waals surface area contributed by atoms with Gasteiger partial charge < -0.3 is 19.4 Å². The summed E-state index contributed by atoms with van der Waals surface area (Å²) in [6.07, 6.45) is 0.613. The van der Waals surface area contributed by atoms with Gasteiger partial charge in [0.05, 0.1) is 10.9 Å². The largest absolute Gasteiger partial charge is 0.478 e. The number of rotatable bonds is 8. The minimum absolute atomic E-state index is 0.0343. The first-order valence-corrected chi connectivity index (χ1v) is 12.0. The van der Waals surface area contributed by atoms with Crippen molar-refractivity contribution in [3.63, 3.8) is 0 Å². The van der Waals surface area contributed by atoms with Gasteiger partial charge in [-0.25, -0.2) is 9.18 Å². The monoisotopic (exact) mass is 467 g/mol. The lowest BCUT2D eigenvalue weighted by molar-refractivity contribution is -0.131. The van der Waals surface area contributed by atoms with Crippen LogP contribution in [0.1, 0.15) is 29.5 Å². The molecule has 0 aliphatic carbocycles. The smallest absolute Gasteiger partial charge is 0.328 e. The van der Waals surface area contributed by atoms with Crippen LogP contribution in [0.4, 0.5) is 4.39 Å². The first kappa shape index (κ1) is 23.9. The highest BCUT2D eigenvalue weighted by molar-refractivity contribution is 8.77. The van der Waals surface area contributed by atoms with E-state index < -0.39 is 24.1 Å². The van der Waals surface area contributed by atoms with Crippen molar-refractivity contribution in [1.82, 2.24) is 4.90 Å². The van der Waals surface area contributed by atoms with E-state index >= 15 is 0 Å². The average Bonchev–Trinajstić information content (AvgIpc) is 3.05. The predicted octanol–water partition coefficient (Wildman–Crippen LogP) is 4.57. The average molecular weight is 468 g/mol. The van der Waals surface area contributed by atoms with Gasteiger partial charge in [-0.15, -0.1) is 0 Å². The van der Waals surface area contributed by atoms with Crippen molar-refractivity contribution in [2.75, 3.05) is 20.2 Å². The SMILES string of the molecule is COC(O)C(c1ccccc1F)N1CCC(SSc2cc(C)oc2C)/C(=C\C(=O)O)C1. The molecular weight excluding hydrogens is 441 g/mol. The number of ether oxygens (including phenoxy) is 1. The molecular formula is C22H26FNO5S2. The van der Waals surface area contributed by atoms with E-state index in [4.69, 9.17) is 9.15 Å². The zero-order chi connectivity index (χ0) is 22.5. The Hall–Kier alpha value is -1.78. The zero-order valence-electron chi connectivity index (χ0n) is 17.6. The Morgan fingerprint density at radius 2 is 2.13 bits per heavy atom. The number of aliphatic carboxylic acids is 1. The Bertz CT molecular complexity index is 948. The molecule has 1 aliphatic rings. The molecule has 3 rings (SSSR count). The molecule has 1 aliphatic heterocycles. The highest BCUT2D eigenvalue weighted by Gasteiger charge is 2.35. The van der Waals surface area contributed by atoms with Gasteiger partial charge in [0.25, 0.3) is 0 Å². The molecule has 1 fully saturated rings. The number of furan rings is 1. The minimum atomic E-state index is -1.25. The predicted molar refractivity (Wildman–Crippen MR) is 119 cm³/mol.